The van der Waals surface area contributed by atoms with E-state index in [-0.39, 0.29) is 24.1 Å². The zero-order valence-corrected chi connectivity index (χ0v) is 9.40. The van der Waals surface area contributed by atoms with Crippen molar-refractivity contribution in [1.82, 2.24) is 9.97 Å². The van der Waals surface area contributed by atoms with Gasteiger partial charge in [0, 0.05) is 0 Å². The Bertz CT molecular complexity index is 438. The number of para-hydroxylation sites is 2. The Balaban J connectivity index is 0.00000112. The zero-order chi connectivity index (χ0) is 9.97. The molecule has 0 bridgehead atoms. The first-order valence-corrected chi connectivity index (χ1v) is 5.10. The van der Waals surface area contributed by atoms with Gasteiger partial charge in [0.05, 0.1) is 16.8 Å². The van der Waals surface area contributed by atoms with E-state index in [9.17, 15) is 4.79 Å². The van der Waals surface area contributed by atoms with Gasteiger partial charge in [0.2, 0.25) is 5.91 Å². The molecule has 0 spiro atoms. The number of aromatic nitrogens is 2. The lowest BCUT2D eigenvalue weighted by molar-refractivity contribution is -0.115. The molecular formula is C9H10ClN3OS. The maximum atomic E-state index is 10.5. The average Bonchev–Trinajstić information content (AvgIpc) is 2.57. The minimum absolute atomic E-state index is 0. The standard InChI is InChI=1S/C9H9N3OS.ClH/c10-8(13)5-14-9-11-6-3-1-2-4-7(6)12-9;/h1-4H,5H2,(H2,10,13)(H,11,12);1H. The lowest BCUT2D eigenvalue weighted by atomic mass is 10.3. The van der Waals surface area contributed by atoms with Gasteiger partial charge < -0.3 is 10.7 Å². The summed E-state index contributed by atoms with van der Waals surface area (Å²) in [4.78, 5) is 17.9. The summed E-state index contributed by atoms with van der Waals surface area (Å²) in [5.41, 5.74) is 6.91. The highest BCUT2D eigenvalue weighted by atomic mass is 35.5. The summed E-state index contributed by atoms with van der Waals surface area (Å²) in [6.45, 7) is 0. The van der Waals surface area contributed by atoms with Crippen LogP contribution in [0.2, 0.25) is 0 Å². The number of aromatic amines is 1. The van der Waals surface area contributed by atoms with E-state index in [1.54, 1.807) is 0 Å². The van der Waals surface area contributed by atoms with Gasteiger partial charge >= 0.3 is 0 Å². The van der Waals surface area contributed by atoms with Crippen molar-refractivity contribution in [2.75, 3.05) is 5.75 Å². The molecule has 0 radical (unpaired) electrons. The third-order valence-electron chi connectivity index (χ3n) is 1.72. The second kappa shape index (κ2) is 5.04. The molecule has 2 aromatic rings. The van der Waals surface area contributed by atoms with Crippen LogP contribution in [0.3, 0.4) is 0 Å². The monoisotopic (exact) mass is 243 g/mol. The Morgan fingerprint density at radius 2 is 2.20 bits per heavy atom. The molecule has 0 saturated heterocycles. The number of hydrogen-bond acceptors (Lipinski definition) is 3. The van der Waals surface area contributed by atoms with Gasteiger partial charge in [-0.05, 0) is 12.1 Å². The molecule has 6 heteroatoms. The Hall–Kier alpha value is -1.20. The summed E-state index contributed by atoms with van der Waals surface area (Å²) in [5.74, 6) is -0.0877. The van der Waals surface area contributed by atoms with Gasteiger partial charge in [-0.3, -0.25) is 4.79 Å². The Kier molecular flexibility index (Phi) is 3.99. The molecule has 80 valence electrons. The summed E-state index contributed by atoms with van der Waals surface area (Å²) in [6, 6.07) is 7.71. The smallest absolute Gasteiger partial charge is 0.227 e. The van der Waals surface area contributed by atoms with E-state index in [2.05, 4.69) is 9.97 Å². The average molecular weight is 244 g/mol. The zero-order valence-electron chi connectivity index (χ0n) is 7.77. The molecule has 4 nitrogen and oxygen atoms in total. The van der Waals surface area contributed by atoms with E-state index < -0.39 is 0 Å². The van der Waals surface area contributed by atoms with Crippen molar-refractivity contribution in [3.8, 4) is 0 Å². The van der Waals surface area contributed by atoms with E-state index in [0.717, 1.165) is 16.2 Å². The lowest BCUT2D eigenvalue weighted by Crippen LogP contribution is -2.13. The quantitative estimate of drug-likeness (QED) is 0.804. The van der Waals surface area contributed by atoms with Crippen LogP contribution < -0.4 is 5.73 Å². The number of thioether (sulfide) groups is 1. The fourth-order valence-corrected chi connectivity index (χ4v) is 1.76. The summed E-state index contributed by atoms with van der Waals surface area (Å²) < 4.78 is 0. The number of primary amides is 1. The number of carbonyl (C=O) groups is 1. The van der Waals surface area contributed by atoms with Gasteiger partial charge in [-0.25, -0.2) is 4.98 Å². The van der Waals surface area contributed by atoms with Crippen molar-refractivity contribution in [3.63, 3.8) is 0 Å². The Morgan fingerprint density at radius 3 is 2.87 bits per heavy atom. The maximum absolute atomic E-state index is 10.5. The molecule has 0 atom stereocenters. The van der Waals surface area contributed by atoms with Gasteiger partial charge in [-0.2, -0.15) is 0 Å². The first-order valence-electron chi connectivity index (χ1n) is 4.11. The predicted molar refractivity (Wildman–Crippen MR) is 63.3 cm³/mol. The molecule has 1 aromatic heterocycles. The van der Waals surface area contributed by atoms with Crippen LogP contribution in [-0.2, 0) is 4.79 Å². The van der Waals surface area contributed by atoms with Crippen molar-refractivity contribution in [1.29, 1.82) is 0 Å². The largest absolute Gasteiger partial charge is 0.369 e. The van der Waals surface area contributed by atoms with Gasteiger partial charge in [-0.15, -0.1) is 12.4 Å². The van der Waals surface area contributed by atoms with E-state index in [4.69, 9.17) is 5.73 Å². The van der Waals surface area contributed by atoms with Crippen molar-refractivity contribution < 1.29 is 4.79 Å². The molecule has 1 amide bonds. The number of benzene rings is 1. The summed E-state index contributed by atoms with van der Waals surface area (Å²) >= 11 is 1.31. The van der Waals surface area contributed by atoms with Gasteiger partial charge in [0.1, 0.15) is 0 Å². The molecule has 0 fully saturated rings. The van der Waals surface area contributed by atoms with Crippen LogP contribution in [0.5, 0.6) is 0 Å². The summed E-state index contributed by atoms with van der Waals surface area (Å²) in [6.07, 6.45) is 0. The first kappa shape index (κ1) is 11.9. The van der Waals surface area contributed by atoms with Gasteiger partial charge in [-0.1, -0.05) is 23.9 Å². The van der Waals surface area contributed by atoms with Crippen LogP contribution in [0.25, 0.3) is 11.0 Å². The van der Waals surface area contributed by atoms with Crippen LogP contribution in [0.1, 0.15) is 0 Å². The SMILES string of the molecule is Cl.NC(=O)CSc1nc2ccccc2[nH]1. The maximum Gasteiger partial charge on any atom is 0.227 e. The van der Waals surface area contributed by atoms with Crippen molar-refractivity contribution in [2.45, 2.75) is 5.16 Å². The van der Waals surface area contributed by atoms with E-state index in [1.807, 2.05) is 24.3 Å². The van der Waals surface area contributed by atoms with Crippen LogP contribution in [0.15, 0.2) is 29.4 Å². The van der Waals surface area contributed by atoms with E-state index in [0.29, 0.717) is 0 Å². The molecule has 0 aliphatic carbocycles. The molecule has 2 rings (SSSR count). The Labute approximate surface area is 97.0 Å². The predicted octanol–water partition coefficient (Wildman–Crippen LogP) is 1.56. The van der Waals surface area contributed by atoms with Crippen molar-refractivity contribution in [3.05, 3.63) is 24.3 Å². The topological polar surface area (TPSA) is 71.8 Å². The lowest BCUT2D eigenvalue weighted by Gasteiger charge is -1.90. The normalized spacial score (nSPS) is 9.87. The number of halogens is 1. The number of fused-ring (bicyclic) bond motifs is 1. The highest BCUT2D eigenvalue weighted by molar-refractivity contribution is 7.99. The minimum atomic E-state index is -0.338. The Morgan fingerprint density at radius 1 is 1.47 bits per heavy atom. The van der Waals surface area contributed by atoms with E-state index in [1.165, 1.54) is 11.8 Å². The van der Waals surface area contributed by atoms with E-state index >= 15 is 0 Å². The third kappa shape index (κ3) is 2.87. The van der Waals surface area contributed by atoms with Crippen LogP contribution in [0, 0.1) is 0 Å². The molecule has 1 aromatic carbocycles. The fraction of sp³-hybridized carbons (Fsp3) is 0.111. The minimum Gasteiger partial charge on any atom is -0.369 e. The molecule has 15 heavy (non-hydrogen) atoms. The molecule has 0 aliphatic heterocycles. The van der Waals surface area contributed by atoms with Crippen LogP contribution in [0.4, 0.5) is 0 Å². The van der Waals surface area contributed by atoms with Gasteiger partial charge in [0.25, 0.3) is 0 Å². The number of H-pyrrole nitrogens is 1. The number of imidazole rings is 1. The summed E-state index contributed by atoms with van der Waals surface area (Å²) in [7, 11) is 0. The fourth-order valence-electron chi connectivity index (χ4n) is 1.14. The number of nitrogens with two attached hydrogens (primary N) is 1. The third-order valence-corrected chi connectivity index (χ3v) is 2.61. The number of amides is 1. The molecular weight excluding hydrogens is 234 g/mol. The number of carbonyl (C=O) groups excluding carboxylic acids is 1. The van der Waals surface area contributed by atoms with Crippen LogP contribution >= 0.6 is 24.2 Å². The highest BCUT2D eigenvalue weighted by Gasteiger charge is 2.03. The first-order chi connectivity index (χ1) is 6.75. The van der Waals surface area contributed by atoms with Gasteiger partial charge in [0.15, 0.2) is 5.16 Å². The number of nitrogens with one attached hydrogen (secondary N) is 1. The second-order valence-corrected chi connectivity index (χ2v) is 3.78. The van der Waals surface area contributed by atoms with Crippen molar-refractivity contribution in [2.24, 2.45) is 5.73 Å². The number of rotatable bonds is 3. The number of hydrogen-bond donors (Lipinski definition) is 2. The van der Waals surface area contributed by atoms with Crippen molar-refractivity contribution >= 4 is 41.1 Å². The second-order valence-electron chi connectivity index (χ2n) is 2.81. The van der Waals surface area contributed by atoms with Crippen LogP contribution in [-0.4, -0.2) is 21.6 Å². The molecule has 0 unspecified atom stereocenters. The molecule has 1 heterocycles. The molecule has 0 aliphatic rings. The highest BCUT2D eigenvalue weighted by Crippen LogP contribution is 2.18. The summed E-state index contributed by atoms with van der Waals surface area (Å²) in [5, 5.41) is 0.727. The molecule has 3 N–H and O–H groups in total. The number of nitrogens with zero attached hydrogens (tertiary/aromatic N) is 1. The molecule has 0 saturated carbocycles.